The van der Waals surface area contributed by atoms with Gasteiger partial charge in [-0.15, -0.1) is 0 Å². The topological polar surface area (TPSA) is 61.4 Å². The Bertz CT molecular complexity index is 337. The minimum atomic E-state index is -0.264. The molecule has 0 aromatic carbocycles. The number of nitrogens with zero attached hydrogens (tertiary/aromatic N) is 1. The second-order valence-electron chi connectivity index (χ2n) is 6.73. The molecule has 0 radical (unpaired) electrons. The summed E-state index contributed by atoms with van der Waals surface area (Å²) < 4.78 is 0. The molecule has 5 nitrogen and oxygen atoms in total. The highest BCUT2D eigenvalue weighted by Gasteiger charge is 2.34. The van der Waals surface area contributed by atoms with Crippen LogP contribution in [0.25, 0.3) is 0 Å². The molecule has 0 aromatic heterocycles. The third-order valence-electron chi connectivity index (χ3n) is 3.46. The predicted octanol–water partition coefficient (Wildman–Crippen LogP) is 1.14. The van der Waals surface area contributed by atoms with Crippen LogP contribution in [0.3, 0.4) is 0 Å². The van der Waals surface area contributed by atoms with Crippen molar-refractivity contribution in [2.75, 3.05) is 26.7 Å². The molecule has 0 aromatic rings. The maximum Gasteiger partial charge on any atom is 0.242 e. The van der Waals surface area contributed by atoms with Gasteiger partial charge in [0, 0.05) is 19.5 Å². The molecule has 0 saturated carbocycles. The molecule has 1 aliphatic heterocycles. The second kappa shape index (κ2) is 7.62. The number of rotatable bonds is 6. The van der Waals surface area contributed by atoms with Gasteiger partial charge < -0.3 is 15.5 Å². The van der Waals surface area contributed by atoms with Gasteiger partial charge in [0.25, 0.3) is 0 Å². The van der Waals surface area contributed by atoms with Crippen molar-refractivity contribution in [3.8, 4) is 0 Å². The third-order valence-corrected chi connectivity index (χ3v) is 3.46. The Kier molecular flexibility index (Phi) is 6.46. The van der Waals surface area contributed by atoms with Crippen molar-refractivity contribution in [2.24, 2.45) is 5.41 Å². The summed E-state index contributed by atoms with van der Waals surface area (Å²) in [6.07, 6.45) is 3.11. The van der Waals surface area contributed by atoms with Gasteiger partial charge in [-0.05, 0) is 38.3 Å². The summed E-state index contributed by atoms with van der Waals surface area (Å²) in [5.74, 6) is 0.103. The molecule has 1 aliphatic rings. The zero-order valence-electron chi connectivity index (χ0n) is 13.3. The van der Waals surface area contributed by atoms with Gasteiger partial charge in [0.1, 0.15) is 6.04 Å². The molecular formula is C15H29N3O2. The van der Waals surface area contributed by atoms with E-state index in [1.807, 2.05) is 27.8 Å². The number of nitrogens with one attached hydrogen (secondary N) is 2. The molecule has 116 valence electrons. The van der Waals surface area contributed by atoms with E-state index >= 15 is 0 Å². The van der Waals surface area contributed by atoms with Crippen molar-refractivity contribution >= 4 is 11.8 Å². The van der Waals surface area contributed by atoms with Crippen LogP contribution in [0.15, 0.2) is 0 Å². The molecule has 5 heteroatoms. The minimum Gasteiger partial charge on any atom is -0.354 e. The molecule has 2 N–H and O–H groups in total. The molecule has 1 fully saturated rings. The fourth-order valence-electron chi connectivity index (χ4n) is 2.49. The van der Waals surface area contributed by atoms with Crippen molar-refractivity contribution in [3.05, 3.63) is 0 Å². The average molecular weight is 283 g/mol. The van der Waals surface area contributed by atoms with Crippen LogP contribution in [0.1, 0.15) is 46.5 Å². The number of carbonyl (C=O) groups is 2. The van der Waals surface area contributed by atoms with Crippen LogP contribution in [0.4, 0.5) is 0 Å². The van der Waals surface area contributed by atoms with E-state index in [2.05, 4.69) is 10.6 Å². The molecule has 0 spiro atoms. The van der Waals surface area contributed by atoms with Gasteiger partial charge in [0.2, 0.25) is 11.8 Å². The fourth-order valence-corrected chi connectivity index (χ4v) is 2.49. The Balaban J connectivity index is 2.47. The highest BCUT2D eigenvalue weighted by Crippen LogP contribution is 2.24. The lowest BCUT2D eigenvalue weighted by Crippen LogP contribution is -2.47. The Morgan fingerprint density at radius 2 is 1.95 bits per heavy atom. The second-order valence-corrected chi connectivity index (χ2v) is 6.73. The minimum absolute atomic E-state index is 0.000798. The first kappa shape index (κ1) is 17.0. The Hall–Kier alpha value is -1.10. The van der Waals surface area contributed by atoms with Crippen molar-refractivity contribution < 1.29 is 9.59 Å². The van der Waals surface area contributed by atoms with E-state index in [1.54, 1.807) is 4.90 Å². The zero-order valence-corrected chi connectivity index (χ0v) is 13.3. The van der Waals surface area contributed by atoms with E-state index in [1.165, 1.54) is 0 Å². The summed E-state index contributed by atoms with van der Waals surface area (Å²) in [5, 5.41) is 5.98. The molecule has 0 aliphatic carbocycles. The molecule has 1 unspecified atom stereocenters. The SMILES string of the molecule is CNCCCNC(=O)C1CCCN1C(=O)CC(C)(C)C. The van der Waals surface area contributed by atoms with Crippen LogP contribution in [-0.2, 0) is 9.59 Å². The van der Waals surface area contributed by atoms with Gasteiger partial charge in [-0.2, -0.15) is 0 Å². The van der Waals surface area contributed by atoms with Crippen molar-refractivity contribution in [1.29, 1.82) is 0 Å². The molecule has 1 atom stereocenters. The molecule has 0 bridgehead atoms. The van der Waals surface area contributed by atoms with E-state index in [-0.39, 0.29) is 23.3 Å². The molecule has 20 heavy (non-hydrogen) atoms. The predicted molar refractivity (Wildman–Crippen MR) is 80.4 cm³/mol. The molecule has 1 heterocycles. The summed E-state index contributed by atoms with van der Waals surface area (Å²) in [7, 11) is 1.89. The van der Waals surface area contributed by atoms with Crippen LogP contribution < -0.4 is 10.6 Å². The molecule has 2 amide bonds. The van der Waals surface area contributed by atoms with Gasteiger partial charge >= 0.3 is 0 Å². The third kappa shape index (κ3) is 5.49. The van der Waals surface area contributed by atoms with Gasteiger partial charge in [-0.3, -0.25) is 9.59 Å². The number of carbonyl (C=O) groups excluding carboxylic acids is 2. The number of likely N-dealkylation sites (tertiary alicyclic amines) is 1. The van der Waals surface area contributed by atoms with E-state index < -0.39 is 0 Å². The maximum absolute atomic E-state index is 12.3. The van der Waals surface area contributed by atoms with E-state index in [0.29, 0.717) is 19.5 Å². The Labute approximate surface area is 122 Å². The highest BCUT2D eigenvalue weighted by atomic mass is 16.2. The summed E-state index contributed by atoms with van der Waals surface area (Å²) in [5.41, 5.74) is -0.0342. The summed E-state index contributed by atoms with van der Waals surface area (Å²) in [6.45, 7) is 8.41. The van der Waals surface area contributed by atoms with E-state index in [9.17, 15) is 9.59 Å². The van der Waals surface area contributed by atoms with E-state index in [4.69, 9.17) is 0 Å². The smallest absolute Gasteiger partial charge is 0.242 e. The Morgan fingerprint density at radius 1 is 1.25 bits per heavy atom. The first-order valence-corrected chi connectivity index (χ1v) is 7.57. The summed E-state index contributed by atoms with van der Waals surface area (Å²) in [4.78, 5) is 26.2. The van der Waals surface area contributed by atoms with Gasteiger partial charge in [-0.25, -0.2) is 0 Å². The highest BCUT2D eigenvalue weighted by molar-refractivity contribution is 5.88. The van der Waals surface area contributed by atoms with Gasteiger partial charge in [-0.1, -0.05) is 20.8 Å². The molecular weight excluding hydrogens is 254 g/mol. The lowest BCUT2D eigenvalue weighted by atomic mass is 9.91. The van der Waals surface area contributed by atoms with Crippen LogP contribution in [0.2, 0.25) is 0 Å². The number of hydrogen-bond acceptors (Lipinski definition) is 3. The maximum atomic E-state index is 12.3. The van der Waals surface area contributed by atoms with E-state index in [0.717, 1.165) is 25.8 Å². The normalized spacial score (nSPS) is 19.2. The average Bonchev–Trinajstić information content (AvgIpc) is 2.81. The lowest BCUT2D eigenvalue weighted by molar-refractivity contribution is -0.139. The monoisotopic (exact) mass is 283 g/mol. The number of hydrogen-bond donors (Lipinski definition) is 2. The molecule has 1 saturated heterocycles. The summed E-state index contributed by atoms with van der Waals surface area (Å²) >= 11 is 0. The number of amides is 2. The fraction of sp³-hybridized carbons (Fsp3) is 0.867. The van der Waals surface area contributed by atoms with Crippen LogP contribution in [0, 0.1) is 5.41 Å². The van der Waals surface area contributed by atoms with Crippen molar-refractivity contribution in [2.45, 2.75) is 52.5 Å². The standard InChI is InChI=1S/C15H29N3O2/c1-15(2,3)11-13(19)18-10-5-7-12(18)14(20)17-9-6-8-16-4/h12,16H,5-11H2,1-4H3,(H,17,20). The zero-order chi connectivity index (χ0) is 15.2. The first-order chi connectivity index (χ1) is 9.35. The van der Waals surface area contributed by atoms with Gasteiger partial charge in [0.15, 0.2) is 0 Å². The molecule has 1 rings (SSSR count). The van der Waals surface area contributed by atoms with Crippen molar-refractivity contribution in [1.82, 2.24) is 15.5 Å². The van der Waals surface area contributed by atoms with Gasteiger partial charge in [0.05, 0.1) is 0 Å². The summed E-state index contributed by atoms with van der Waals surface area (Å²) in [6, 6.07) is -0.264. The van der Waals surface area contributed by atoms with Crippen LogP contribution >= 0.6 is 0 Å². The lowest BCUT2D eigenvalue weighted by Gasteiger charge is -2.27. The largest absolute Gasteiger partial charge is 0.354 e. The quantitative estimate of drug-likeness (QED) is 0.719. The Morgan fingerprint density at radius 3 is 2.55 bits per heavy atom. The van der Waals surface area contributed by atoms with Crippen LogP contribution in [-0.4, -0.2) is 49.4 Å². The van der Waals surface area contributed by atoms with Crippen LogP contribution in [0.5, 0.6) is 0 Å². The van der Waals surface area contributed by atoms with Crippen molar-refractivity contribution in [3.63, 3.8) is 0 Å². The first-order valence-electron chi connectivity index (χ1n) is 7.57.